The van der Waals surface area contributed by atoms with Crippen LogP contribution in [-0.4, -0.2) is 160 Å². The zero-order chi connectivity index (χ0) is 33.1. The van der Waals surface area contributed by atoms with Crippen molar-refractivity contribution < 1.29 is 73.6 Å². The minimum atomic E-state index is -6.09. The van der Waals surface area contributed by atoms with Gasteiger partial charge >= 0.3 is 29.4 Å². The van der Waals surface area contributed by atoms with Gasteiger partial charge in [0.25, 0.3) is 0 Å². The van der Waals surface area contributed by atoms with E-state index in [1.54, 1.807) is 14.1 Å². The first-order valence-corrected chi connectivity index (χ1v) is 14.5. The third kappa shape index (κ3) is 17.1. The Balaban J connectivity index is 0.00000106. The van der Waals surface area contributed by atoms with E-state index in [9.17, 15) is 18.0 Å². The summed E-state index contributed by atoms with van der Waals surface area (Å²) in [4.78, 5) is 25.1. The van der Waals surface area contributed by atoms with Gasteiger partial charge in [0.15, 0.2) is 16.7 Å². The number of hydrogen-bond acceptors (Lipinski definition) is 16. The lowest BCUT2D eigenvalue weighted by Crippen LogP contribution is -2.47. The third-order valence-electron chi connectivity index (χ3n) is 5.10. The summed E-state index contributed by atoms with van der Waals surface area (Å²) in [5, 5.41) is 0. The van der Waals surface area contributed by atoms with Crippen LogP contribution in [0.15, 0.2) is 0 Å². The molecular formula is C23H39F3N4O13S. The predicted octanol–water partition coefficient (Wildman–Crippen LogP) is -0.468. The first-order chi connectivity index (χ1) is 20.7. The molecule has 1 aromatic heterocycles. The summed E-state index contributed by atoms with van der Waals surface area (Å²) in [5.74, 6) is -0.170. The molecule has 1 saturated heterocycles. The van der Waals surface area contributed by atoms with E-state index in [2.05, 4.69) is 15.0 Å². The van der Waals surface area contributed by atoms with E-state index >= 15 is 0 Å². The van der Waals surface area contributed by atoms with Gasteiger partial charge in [0.1, 0.15) is 12.7 Å². The molecule has 1 aliphatic rings. The molecule has 2 heterocycles. The van der Waals surface area contributed by atoms with Crippen molar-refractivity contribution in [3.05, 3.63) is 0 Å². The molecule has 1 atom stereocenters. The molecule has 0 aromatic carbocycles. The Bertz CT molecular complexity index is 1030. The van der Waals surface area contributed by atoms with Crippen molar-refractivity contribution >= 4 is 22.0 Å². The molecule has 44 heavy (non-hydrogen) atoms. The zero-order valence-corrected chi connectivity index (χ0v) is 25.7. The molecule has 1 fully saturated rings. The van der Waals surface area contributed by atoms with E-state index in [1.165, 1.54) is 14.2 Å². The second kappa shape index (κ2) is 20.5. The first-order valence-electron chi connectivity index (χ1n) is 13.0. The molecule has 1 unspecified atom stereocenters. The number of likely N-dealkylation sites (N-methyl/N-ethyl adjacent to an activating group) is 1. The summed E-state index contributed by atoms with van der Waals surface area (Å²) in [6.45, 7) is 4.58. The van der Waals surface area contributed by atoms with Gasteiger partial charge in [-0.25, -0.2) is 13.2 Å². The number of rotatable bonds is 7. The summed E-state index contributed by atoms with van der Waals surface area (Å²) in [5.41, 5.74) is -5.65. The highest BCUT2D eigenvalue weighted by molar-refractivity contribution is 7.86. The Morgan fingerprint density at radius 1 is 0.841 bits per heavy atom. The highest BCUT2D eigenvalue weighted by Crippen LogP contribution is 2.21. The van der Waals surface area contributed by atoms with Crippen molar-refractivity contribution in [1.29, 1.82) is 0 Å². The summed E-state index contributed by atoms with van der Waals surface area (Å²) >= 11 is 0. The Kier molecular flexibility index (Phi) is 18.4. The van der Waals surface area contributed by atoms with Gasteiger partial charge in [-0.05, 0) is 0 Å². The number of nitrogens with zero attached hydrogens (tertiary/aromatic N) is 4. The number of halogens is 3. The molecule has 21 heteroatoms. The van der Waals surface area contributed by atoms with E-state index in [1.807, 2.05) is 0 Å². The van der Waals surface area contributed by atoms with Crippen molar-refractivity contribution in [3.63, 3.8) is 0 Å². The lowest BCUT2D eigenvalue weighted by atomic mass is 10.4. The Morgan fingerprint density at radius 3 is 1.66 bits per heavy atom. The smallest absolute Gasteiger partial charge is 0.485 e. The van der Waals surface area contributed by atoms with Gasteiger partial charge in [0, 0.05) is 0 Å². The maximum absolute atomic E-state index is 12.6. The average molecular weight is 669 g/mol. The molecule has 0 bridgehead atoms. The van der Waals surface area contributed by atoms with Crippen molar-refractivity contribution in [1.82, 2.24) is 19.4 Å². The topological polar surface area (TPSA) is 196 Å². The van der Waals surface area contributed by atoms with Gasteiger partial charge in [0.2, 0.25) is 0 Å². The molecule has 2 rings (SSSR count). The highest BCUT2D eigenvalue weighted by atomic mass is 32.2. The molecular weight excluding hydrogens is 629 g/mol. The van der Waals surface area contributed by atoms with Crippen LogP contribution >= 0.6 is 0 Å². The Morgan fingerprint density at radius 2 is 1.25 bits per heavy atom. The monoisotopic (exact) mass is 668 g/mol. The van der Waals surface area contributed by atoms with Gasteiger partial charge in [0.05, 0.1) is 101 Å². The molecule has 0 saturated carbocycles. The quantitative estimate of drug-likeness (QED) is 0.156. The number of hydrogen-bond donors (Lipinski definition) is 0. The largest absolute Gasteiger partial charge is 0.741 e. The van der Waals surface area contributed by atoms with E-state index < -0.39 is 27.7 Å². The normalized spacial score (nSPS) is 19.0. The lowest BCUT2D eigenvalue weighted by molar-refractivity contribution is -0.151. The van der Waals surface area contributed by atoms with Gasteiger partial charge < -0.3 is 47.2 Å². The van der Waals surface area contributed by atoms with Crippen LogP contribution in [0.3, 0.4) is 0 Å². The molecule has 0 radical (unpaired) electrons. The second-order valence-electron chi connectivity index (χ2n) is 9.05. The predicted molar refractivity (Wildman–Crippen MR) is 142 cm³/mol. The summed E-state index contributed by atoms with van der Waals surface area (Å²) < 4.78 is 108. The molecule has 1 aliphatic heterocycles. The van der Waals surface area contributed by atoms with Crippen molar-refractivity contribution in [3.8, 4) is 12.0 Å². The van der Waals surface area contributed by atoms with Crippen LogP contribution in [0.4, 0.5) is 19.1 Å². The number of quaternary nitrogens is 1. The SMILES string of the molecule is COc1nc(OC)nc([N+](C)(C)CC(=O)OCC2COCCOCCOCCOCCOCCO2)n1.O=S(=O)([O-])C(F)(F)F. The number of carbonyl (C=O) groups is 1. The molecule has 256 valence electrons. The average Bonchev–Trinajstić information content (AvgIpc) is 2.95. The zero-order valence-electron chi connectivity index (χ0n) is 24.9. The molecule has 0 N–H and O–H groups in total. The van der Waals surface area contributed by atoms with Crippen LogP contribution in [0.25, 0.3) is 0 Å². The van der Waals surface area contributed by atoms with Crippen molar-refractivity contribution in [2.75, 3.05) is 114 Å². The standard InChI is InChI=1S/C22H39N4O10.CHF3O3S/c1-26(2,20-23-21(28-3)25-22(24-20)29-4)15-19(27)36-17-18-16-34-12-11-32-8-7-30-5-6-31-9-10-33-13-14-35-18;2-1(3,4)8(5,6)7/h18H,5-17H2,1-4H3;(H,5,6,7)/q+1;/p-1. The van der Waals surface area contributed by atoms with E-state index in [0.717, 1.165) is 0 Å². The van der Waals surface area contributed by atoms with Gasteiger partial charge in [-0.15, -0.1) is 15.0 Å². The fourth-order valence-corrected chi connectivity index (χ4v) is 2.92. The molecule has 0 aliphatic carbocycles. The second-order valence-corrected chi connectivity index (χ2v) is 10.4. The summed E-state index contributed by atoms with van der Waals surface area (Å²) in [7, 11) is 0.306. The van der Waals surface area contributed by atoms with Crippen molar-refractivity contribution in [2.24, 2.45) is 0 Å². The van der Waals surface area contributed by atoms with Crippen LogP contribution in [0.2, 0.25) is 0 Å². The number of carbonyl (C=O) groups excluding carboxylic acids is 1. The number of ether oxygens (including phenoxy) is 9. The maximum Gasteiger partial charge on any atom is 0.485 e. The van der Waals surface area contributed by atoms with Crippen molar-refractivity contribution in [2.45, 2.75) is 11.6 Å². The van der Waals surface area contributed by atoms with E-state index in [-0.39, 0.29) is 42.2 Å². The van der Waals surface area contributed by atoms with Crippen LogP contribution in [0.5, 0.6) is 12.0 Å². The molecule has 17 nitrogen and oxygen atoms in total. The maximum atomic E-state index is 12.6. The molecule has 1 aromatic rings. The van der Waals surface area contributed by atoms with Crippen LogP contribution < -0.4 is 14.0 Å². The minimum Gasteiger partial charge on any atom is -0.741 e. The number of methoxy groups -OCH3 is 2. The number of alkyl halides is 3. The van der Waals surface area contributed by atoms with Crippen LogP contribution in [-0.2, 0) is 48.1 Å². The van der Waals surface area contributed by atoms with Gasteiger partial charge in [-0.3, -0.25) is 4.48 Å². The number of aromatic nitrogens is 3. The Hall–Kier alpha value is -2.50. The van der Waals surface area contributed by atoms with Crippen LogP contribution in [0, 0.1) is 0 Å². The van der Waals surface area contributed by atoms with E-state index in [0.29, 0.717) is 66.1 Å². The fourth-order valence-electron chi connectivity index (χ4n) is 2.92. The third-order valence-corrected chi connectivity index (χ3v) is 5.67. The number of esters is 1. The molecule has 0 amide bonds. The first kappa shape index (κ1) is 39.5. The van der Waals surface area contributed by atoms with Gasteiger partial charge in [-0.1, -0.05) is 0 Å². The summed E-state index contributed by atoms with van der Waals surface area (Å²) in [6, 6.07) is 0.175. The fraction of sp³-hybridized carbons (Fsp3) is 0.826. The van der Waals surface area contributed by atoms with Gasteiger partial charge in [-0.2, -0.15) is 13.2 Å². The highest BCUT2D eigenvalue weighted by Gasteiger charge is 2.37. The molecule has 0 spiro atoms. The Labute approximate surface area is 253 Å². The van der Waals surface area contributed by atoms with E-state index in [4.69, 9.17) is 55.6 Å². The minimum absolute atomic E-state index is 0.00688. The van der Waals surface area contributed by atoms with Crippen LogP contribution in [0.1, 0.15) is 0 Å². The lowest BCUT2D eigenvalue weighted by Gasteiger charge is -2.26. The summed E-state index contributed by atoms with van der Waals surface area (Å²) in [6.07, 6.45) is -0.469.